The van der Waals surface area contributed by atoms with E-state index in [1.807, 2.05) is 0 Å². The first-order valence-electron chi connectivity index (χ1n) is 6.09. The van der Waals surface area contributed by atoms with Crippen molar-refractivity contribution in [3.8, 4) is 5.75 Å². The van der Waals surface area contributed by atoms with Gasteiger partial charge in [0.05, 0.1) is 11.8 Å². The van der Waals surface area contributed by atoms with Gasteiger partial charge in [-0.25, -0.2) is 0 Å². The summed E-state index contributed by atoms with van der Waals surface area (Å²) in [6, 6.07) is 5.37. The van der Waals surface area contributed by atoms with E-state index in [1.54, 1.807) is 0 Å². The minimum absolute atomic E-state index is 0.0279. The fourth-order valence-corrected chi connectivity index (χ4v) is 1.79. The lowest BCUT2D eigenvalue weighted by Crippen LogP contribution is -2.19. The molecule has 8 heteroatoms. The van der Waals surface area contributed by atoms with Crippen LogP contribution >= 0.6 is 0 Å². The zero-order chi connectivity index (χ0) is 15.6. The van der Waals surface area contributed by atoms with E-state index in [-0.39, 0.29) is 5.75 Å². The molecule has 0 spiro atoms. The van der Waals surface area contributed by atoms with Crippen LogP contribution in [0.1, 0.15) is 6.42 Å². The molecular formula is C13H12F3NO4. The van der Waals surface area contributed by atoms with Gasteiger partial charge in [0.25, 0.3) is 0 Å². The van der Waals surface area contributed by atoms with Gasteiger partial charge >= 0.3 is 12.1 Å². The second-order valence-corrected chi connectivity index (χ2v) is 4.70. The predicted molar refractivity (Wildman–Crippen MR) is 65.9 cm³/mol. The number of nitrogens with one attached hydrogen (secondary N) is 1. The van der Waals surface area contributed by atoms with Crippen LogP contribution < -0.4 is 10.1 Å². The van der Waals surface area contributed by atoms with Crippen molar-refractivity contribution in [2.75, 3.05) is 11.9 Å². The van der Waals surface area contributed by atoms with Crippen LogP contribution in [0.15, 0.2) is 24.3 Å². The molecule has 1 saturated carbocycles. The molecule has 1 aliphatic carbocycles. The standard InChI is InChI=1S/C13H12F3NO4/c14-13(15,16)6-21-8-3-1-7(2-4-8)17-11(18)9-5-10(9)12(19)20/h1-4,9-10H,5-6H2,(H,17,18)(H,19,20)/t9-,10+/m1/s1. The molecule has 0 heterocycles. The normalized spacial score (nSPS) is 20.7. The van der Waals surface area contributed by atoms with E-state index >= 15 is 0 Å². The van der Waals surface area contributed by atoms with Crippen molar-refractivity contribution in [3.05, 3.63) is 24.3 Å². The minimum atomic E-state index is -4.41. The van der Waals surface area contributed by atoms with E-state index in [1.165, 1.54) is 24.3 Å². The second-order valence-electron chi connectivity index (χ2n) is 4.70. The van der Waals surface area contributed by atoms with Crippen LogP contribution in [0.4, 0.5) is 18.9 Å². The molecule has 1 amide bonds. The summed E-state index contributed by atoms with van der Waals surface area (Å²) in [7, 11) is 0. The van der Waals surface area contributed by atoms with Gasteiger partial charge in [-0.15, -0.1) is 0 Å². The highest BCUT2D eigenvalue weighted by Gasteiger charge is 2.48. The Balaban J connectivity index is 1.85. The van der Waals surface area contributed by atoms with Crippen molar-refractivity contribution in [1.29, 1.82) is 0 Å². The van der Waals surface area contributed by atoms with Crippen molar-refractivity contribution in [1.82, 2.24) is 0 Å². The van der Waals surface area contributed by atoms with Crippen molar-refractivity contribution in [3.63, 3.8) is 0 Å². The van der Waals surface area contributed by atoms with Gasteiger partial charge in [0.15, 0.2) is 6.61 Å². The van der Waals surface area contributed by atoms with Gasteiger partial charge in [-0.05, 0) is 30.7 Å². The fraction of sp³-hybridized carbons (Fsp3) is 0.385. The summed E-state index contributed by atoms with van der Waals surface area (Å²) in [6.45, 7) is -1.39. The molecule has 0 bridgehead atoms. The first kappa shape index (κ1) is 15.1. The number of anilines is 1. The maximum absolute atomic E-state index is 12.0. The Kier molecular flexibility index (Phi) is 4.06. The highest BCUT2D eigenvalue weighted by atomic mass is 19.4. The van der Waals surface area contributed by atoms with E-state index < -0.39 is 36.5 Å². The Labute approximate surface area is 117 Å². The highest BCUT2D eigenvalue weighted by Crippen LogP contribution is 2.39. The molecule has 0 unspecified atom stereocenters. The summed E-state index contributed by atoms with van der Waals surface area (Å²) < 4.78 is 40.4. The maximum atomic E-state index is 12.0. The molecule has 1 aliphatic rings. The number of halogens is 3. The van der Waals surface area contributed by atoms with Gasteiger partial charge in [-0.2, -0.15) is 13.2 Å². The van der Waals surface area contributed by atoms with Gasteiger partial charge in [0.2, 0.25) is 5.91 Å². The molecule has 114 valence electrons. The van der Waals surface area contributed by atoms with Gasteiger partial charge in [0.1, 0.15) is 5.75 Å². The summed E-state index contributed by atoms with van der Waals surface area (Å²) in [6.07, 6.45) is -4.11. The molecular weight excluding hydrogens is 291 g/mol. The van der Waals surface area contributed by atoms with Crippen LogP contribution in [-0.2, 0) is 9.59 Å². The van der Waals surface area contributed by atoms with Crippen LogP contribution in [0.25, 0.3) is 0 Å². The lowest BCUT2D eigenvalue weighted by molar-refractivity contribution is -0.153. The topological polar surface area (TPSA) is 75.6 Å². The van der Waals surface area contributed by atoms with Crippen LogP contribution in [0.2, 0.25) is 0 Å². The third-order valence-corrected chi connectivity index (χ3v) is 2.97. The van der Waals surface area contributed by atoms with Crippen molar-refractivity contribution < 1.29 is 32.6 Å². The van der Waals surface area contributed by atoms with Gasteiger partial charge in [0, 0.05) is 5.69 Å². The molecule has 21 heavy (non-hydrogen) atoms. The summed E-state index contributed by atoms with van der Waals surface area (Å²) in [5.41, 5.74) is 0.371. The highest BCUT2D eigenvalue weighted by molar-refractivity contribution is 5.98. The monoisotopic (exact) mass is 303 g/mol. The molecule has 0 aromatic heterocycles. The third kappa shape index (κ3) is 4.37. The lowest BCUT2D eigenvalue weighted by atomic mass is 10.2. The SMILES string of the molecule is O=C(O)[C@H]1C[C@H]1C(=O)Nc1ccc(OCC(F)(F)F)cc1. The Bertz CT molecular complexity index is 541. The lowest BCUT2D eigenvalue weighted by Gasteiger charge is -2.10. The van der Waals surface area contributed by atoms with E-state index in [0.29, 0.717) is 12.1 Å². The van der Waals surface area contributed by atoms with Gasteiger partial charge < -0.3 is 15.2 Å². The molecule has 1 fully saturated rings. The van der Waals surface area contributed by atoms with Crippen LogP contribution in [0.3, 0.4) is 0 Å². The molecule has 0 saturated heterocycles. The van der Waals surface area contributed by atoms with Gasteiger partial charge in [-0.1, -0.05) is 0 Å². The maximum Gasteiger partial charge on any atom is 0.422 e. The van der Waals surface area contributed by atoms with Crippen LogP contribution in [0.5, 0.6) is 5.75 Å². The number of rotatable bonds is 5. The average Bonchev–Trinajstić information content (AvgIpc) is 3.17. The molecule has 1 aromatic rings. The first-order valence-corrected chi connectivity index (χ1v) is 6.09. The average molecular weight is 303 g/mol. The molecule has 0 aliphatic heterocycles. The molecule has 5 nitrogen and oxygen atoms in total. The number of alkyl halides is 3. The van der Waals surface area contributed by atoms with E-state index in [0.717, 1.165) is 0 Å². The number of hydrogen-bond donors (Lipinski definition) is 2. The molecule has 2 atom stereocenters. The largest absolute Gasteiger partial charge is 0.484 e. The predicted octanol–water partition coefficient (Wildman–Crippen LogP) is 2.29. The minimum Gasteiger partial charge on any atom is -0.484 e. The Morgan fingerprint density at radius 1 is 1.24 bits per heavy atom. The number of benzene rings is 1. The second kappa shape index (κ2) is 5.63. The third-order valence-electron chi connectivity index (χ3n) is 2.97. The summed E-state index contributed by atoms with van der Waals surface area (Å²) in [5, 5.41) is 11.2. The van der Waals surface area contributed by atoms with Crippen molar-refractivity contribution >= 4 is 17.6 Å². The number of carbonyl (C=O) groups is 2. The zero-order valence-electron chi connectivity index (χ0n) is 10.7. The molecule has 1 aromatic carbocycles. The van der Waals surface area contributed by atoms with E-state index in [4.69, 9.17) is 5.11 Å². The van der Waals surface area contributed by atoms with Crippen LogP contribution in [0, 0.1) is 11.8 Å². The summed E-state index contributed by atoms with van der Waals surface area (Å²) in [4.78, 5) is 22.3. The molecule has 0 radical (unpaired) electrons. The number of ether oxygens (including phenoxy) is 1. The first-order chi connectivity index (χ1) is 9.76. The zero-order valence-corrected chi connectivity index (χ0v) is 10.7. The van der Waals surface area contributed by atoms with Crippen molar-refractivity contribution in [2.45, 2.75) is 12.6 Å². The number of carbonyl (C=O) groups excluding carboxylic acids is 1. The Morgan fingerprint density at radius 3 is 2.33 bits per heavy atom. The Hall–Kier alpha value is -2.25. The number of hydrogen-bond acceptors (Lipinski definition) is 3. The number of carboxylic acid groups (broad SMARTS) is 1. The fourth-order valence-electron chi connectivity index (χ4n) is 1.79. The molecule has 2 N–H and O–H groups in total. The summed E-state index contributed by atoms with van der Waals surface area (Å²) in [5.74, 6) is -2.60. The van der Waals surface area contributed by atoms with E-state index in [9.17, 15) is 22.8 Å². The molecule has 2 rings (SSSR count). The summed E-state index contributed by atoms with van der Waals surface area (Å²) >= 11 is 0. The number of amides is 1. The number of carboxylic acids is 1. The van der Waals surface area contributed by atoms with E-state index in [2.05, 4.69) is 10.1 Å². The van der Waals surface area contributed by atoms with Crippen molar-refractivity contribution in [2.24, 2.45) is 11.8 Å². The smallest absolute Gasteiger partial charge is 0.422 e. The van der Waals surface area contributed by atoms with Gasteiger partial charge in [-0.3, -0.25) is 9.59 Å². The van der Waals surface area contributed by atoms with Crippen LogP contribution in [-0.4, -0.2) is 29.8 Å². The Morgan fingerprint density at radius 2 is 1.86 bits per heavy atom. The quantitative estimate of drug-likeness (QED) is 0.875. The number of aliphatic carboxylic acids is 1.